The monoisotopic (exact) mass is 482 g/mol. The molecule has 0 radical (unpaired) electrons. The van der Waals surface area contributed by atoms with E-state index in [0.717, 1.165) is 10.8 Å². The molecule has 0 bridgehead atoms. The van der Waals surface area contributed by atoms with Gasteiger partial charge in [0.05, 0.1) is 11.4 Å². The van der Waals surface area contributed by atoms with Crippen LogP contribution in [0.25, 0.3) is 10.8 Å². The summed E-state index contributed by atoms with van der Waals surface area (Å²) >= 11 is 0. The lowest BCUT2D eigenvalue weighted by Crippen LogP contribution is -2.41. The third-order valence-electron chi connectivity index (χ3n) is 6.00. The van der Waals surface area contributed by atoms with Crippen molar-refractivity contribution >= 4 is 34.0 Å². The van der Waals surface area contributed by atoms with E-state index in [2.05, 4.69) is 10.6 Å². The van der Waals surface area contributed by atoms with E-state index >= 15 is 0 Å². The SMILES string of the molecule is O=C(Nc1cc2ccccc2cc1NC(=O)C1COc2ccccc2O1)C1COc2ccccc2O1. The second kappa shape index (κ2) is 9.14. The molecule has 4 aromatic carbocycles. The van der Waals surface area contributed by atoms with Gasteiger partial charge in [-0.2, -0.15) is 0 Å². The molecule has 180 valence electrons. The Morgan fingerprint density at radius 1 is 0.583 bits per heavy atom. The number of hydrogen-bond acceptors (Lipinski definition) is 6. The van der Waals surface area contributed by atoms with E-state index in [1.54, 1.807) is 24.3 Å². The van der Waals surface area contributed by atoms with Gasteiger partial charge >= 0.3 is 0 Å². The number of carbonyl (C=O) groups excluding carboxylic acids is 2. The smallest absolute Gasteiger partial charge is 0.269 e. The van der Waals surface area contributed by atoms with Crippen LogP contribution in [0.2, 0.25) is 0 Å². The minimum Gasteiger partial charge on any atom is -0.485 e. The molecule has 2 N–H and O–H groups in total. The fourth-order valence-electron chi connectivity index (χ4n) is 4.17. The van der Waals surface area contributed by atoms with Gasteiger partial charge in [-0.3, -0.25) is 9.59 Å². The molecule has 2 atom stereocenters. The molecular weight excluding hydrogens is 460 g/mol. The molecule has 2 heterocycles. The van der Waals surface area contributed by atoms with Gasteiger partial charge in [0.2, 0.25) is 12.2 Å². The molecule has 4 aromatic rings. The minimum atomic E-state index is -0.846. The summed E-state index contributed by atoms with van der Waals surface area (Å²) in [6.07, 6.45) is -1.69. The highest BCUT2D eigenvalue weighted by molar-refractivity contribution is 6.06. The van der Waals surface area contributed by atoms with Crippen molar-refractivity contribution in [2.45, 2.75) is 12.2 Å². The highest BCUT2D eigenvalue weighted by atomic mass is 16.6. The Morgan fingerprint density at radius 2 is 0.972 bits per heavy atom. The highest BCUT2D eigenvalue weighted by Gasteiger charge is 2.30. The fraction of sp³-hybridized carbons (Fsp3) is 0.143. The van der Waals surface area contributed by atoms with E-state index in [1.165, 1.54) is 0 Å². The van der Waals surface area contributed by atoms with Crippen molar-refractivity contribution in [3.8, 4) is 23.0 Å². The van der Waals surface area contributed by atoms with E-state index in [1.807, 2.05) is 60.7 Å². The summed E-state index contributed by atoms with van der Waals surface area (Å²) in [4.78, 5) is 26.2. The van der Waals surface area contributed by atoms with Gasteiger partial charge in [-0.1, -0.05) is 48.5 Å². The molecule has 2 aliphatic rings. The summed E-state index contributed by atoms with van der Waals surface area (Å²) in [6, 6.07) is 25.7. The molecule has 2 unspecified atom stereocenters. The molecule has 8 heteroatoms. The molecule has 0 spiro atoms. The molecule has 2 amide bonds. The van der Waals surface area contributed by atoms with Crippen molar-refractivity contribution in [2.75, 3.05) is 23.8 Å². The van der Waals surface area contributed by atoms with E-state index in [9.17, 15) is 9.59 Å². The summed E-state index contributed by atoms with van der Waals surface area (Å²) in [5.41, 5.74) is 0.873. The van der Waals surface area contributed by atoms with Gasteiger partial charge in [-0.15, -0.1) is 0 Å². The summed E-state index contributed by atoms with van der Waals surface area (Å²) < 4.78 is 23.0. The molecule has 36 heavy (non-hydrogen) atoms. The van der Waals surface area contributed by atoms with Crippen molar-refractivity contribution < 1.29 is 28.5 Å². The van der Waals surface area contributed by atoms with Crippen LogP contribution < -0.4 is 29.6 Å². The van der Waals surface area contributed by atoms with Crippen LogP contribution in [-0.2, 0) is 9.59 Å². The van der Waals surface area contributed by atoms with E-state index in [0.29, 0.717) is 34.4 Å². The standard InChI is InChI=1S/C28H22N2O6/c31-27(25-15-33-21-9-3-5-11-23(21)35-25)29-19-13-17-7-1-2-8-18(17)14-20(19)30-28(32)26-16-34-22-10-4-6-12-24(22)36-26/h1-14,25-26H,15-16H2,(H,29,31)(H,30,32). The first kappa shape index (κ1) is 21.8. The molecule has 2 aliphatic heterocycles. The van der Waals surface area contributed by atoms with Crippen LogP contribution in [-0.4, -0.2) is 37.2 Å². The van der Waals surface area contributed by atoms with Crippen molar-refractivity contribution in [3.63, 3.8) is 0 Å². The summed E-state index contributed by atoms with van der Waals surface area (Å²) in [7, 11) is 0. The first-order valence-electron chi connectivity index (χ1n) is 11.6. The van der Waals surface area contributed by atoms with E-state index in [-0.39, 0.29) is 25.0 Å². The minimum absolute atomic E-state index is 0.0742. The van der Waals surface area contributed by atoms with Crippen LogP contribution in [0, 0.1) is 0 Å². The molecule has 0 saturated heterocycles. The number of anilines is 2. The molecular formula is C28H22N2O6. The van der Waals surface area contributed by atoms with Gasteiger partial charge in [0.15, 0.2) is 23.0 Å². The first-order valence-corrected chi connectivity index (χ1v) is 11.6. The molecule has 0 fully saturated rings. The van der Waals surface area contributed by atoms with Gasteiger partial charge in [0.1, 0.15) is 13.2 Å². The number of rotatable bonds is 4. The van der Waals surface area contributed by atoms with Crippen molar-refractivity contribution in [1.82, 2.24) is 0 Å². The molecule has 0 aliphatic carbocycles. The zero-order valence-electron chi connectivity index (χ0n) is 19.1. The number of amides is 2. The Hall–Kier alpha value is -4.72. The van der Waals surface area contributed by atoms with Gasteiger partial charge in [-0.05, 0) is 47.2 Å². The van der Waals surface area contributed by atoms with Crippen LogP contribution in [0.3, 0.4) is 0 Å². The Balaban J connectivity index is 1.24. The van der Waals surface area contributed by atoms with Crippen LogP contribution >= 0.6 is 0 Å². The van der Waals surface area contributed by atoms with Gasteiger partial charge in [-0.25, -0.2) is 0 Å². The quantitative estimate of drug-likeness (QED) is 0.448. The van der Waals surface area contributed by atoms with Crippen LogP contribution in [0.4, 0.5) is 11.4 Å². The van der Waals surface area contributed by atoms with Crippen LogP contribution in [0.5, 0.6) is 23.0 Å². The third-order valence-corrected chi connectivity index (χ3v) is 6.00. The predicted octanol–water partition coefficient (Wildman–Crippen LogP) is 4.40. The van der Waals surface area contributed by atoms with Gasteiger partial charge in [0, 0.05) is 0 Å². The molecule has 0 saturated carbocycles. The molecule has 0 aromatic heterocycles. The second-order valence-electron chi connectivity index (χ2n) is 8.45. The van der Waals surface area contributed by atoms with E-state index < -0.39 is 12.2 Å². The maximum atomic E-state index is 13.1. The number of hydrogen-bond donors (Lipinski definition) is 2. The van der Waals surface area contributed by atoms with Crippen LogP contribution in [0.1, 0.15) is 0 Å². The van der Waals surface area contributed by atoms with Crippen molar-refractivity contribution in [2.24, 2.45) is 0 Å². The summed E-state index contributed by atoms with van der Waals surface area (Å²) in [5.74, 6) is 1.42. The number of carbonyl (C=O) groups is 2. The Labute approximate surface area is 206 Å². The zero-order chi connectivity index (χ0) is 24.5. The Kier molecular flexibility index (Phi) is 5.53. The first-order chi connectivity index (χ1) is 17.6. The predicted molar refractivity (Wildman–Crippen MR) is 134 cm³/mol. The number of nitrogens with one attached hydrogen (secondary N) is 2. The number of fused-ring (bicyclic) bond motifs is 3. The lowest BCUT2D eigenvalue weighted by Gasteiger charge is -2.27. The summed E-state index contributed by atoms with van der Waals surface area (Å²) in [5, 5.41) is 7.60. The Bertz CT molecular complexity index is 1360. The Morgan fingerprint density at radius 3 is 1.42 bits per heavy atom. The topological polar surface area (TPSA) is 95.1 Å². The average Bonchev–Trinajstić information content (AvgIpc) is 2.92. The van der Waals surface area contributed by atoms with E-state index in [4.69, 9.17) is 18.9 Å². The summed E-state index contributed by atoms with van der Waals surface area (Å²) in [6.45, 7) is 0.148. The zero-order valence-corrected chi connectivity index (χ0v) is 19.1. The third kappa shape index (κ3) is 4.24. The maximum absolute atomic E-state index is 13.1. The van der Waals surface area contributed by atoms with Crippen molar-refractivity contribution in [3.05, 3.63) is 84.9 Å². The lowest BCUT2D eigenvalue weighted by molar-refractivity contribution is -0.125. The fourth-order valence-corrected chi connectivity index (χ4v) is 4.17. The van der Waals surface area contributed by atoms with Crippen molar-refractivity contribution in [1.29, 1.82) is 0 Å². The maximum Gasteiger partial charge on any atom is 0.269 e. The lowest BCUT2D eigenvalue weighted by atomic mass is 10.1. The largest absolute Gasteiger partial charge is 0.485 e. The van der Waals surface area contributed by atoms with Crippen LogP contribution in [0.15, 0.2) is 84.9 Å². The second-order valence-corrected chi connectivity index (χ2v) is 8.45. The average molecular weight is 482 g/mol. The van der Waals surface area contributed by atoms with Gasteiger partial charge < -0.3 is 29.6 Å². The molecule has 6 rings (SSSR count). The van der Waals surface area contributed by atoms with Gasteiger partial charge in [0.25, 0.3) is 11.8 Å². The number of benzene rings is 4. The number of para-hydroxylation sites is 4. The highest BCUT2D eigenvalue weighted by Crippen LogP contribution is 2.34. The number of ether oxygens (including phenoxy) is 4. The molecule has 8 nitrogen and oxygen atoms in total. The normalized spacial score (nSPS) is 17.8.